The summed E-state index contributed by atoms with van der Waals surface area (Å²) in [7, 11) is 1.62. The van der Waals surface area contributed by atoms with Gasteiger partial charge in [-0.15, -0.1) is 0 Å². The van der Waals surface area contributed by atoms with Gasteiger partial charge in [-0.25, -0.2) is 4.98 Å². The van der Waals surface area contributed by atoms with Gasteiger partial charge in [0.2, 0.25) is 0 Å². The minimum Gasteiger partial charge on any atom is -0.497 e. The van der Waals surface area contributed by atoms with E-state index in [9.17, 15) is 4.79 Å². The third-order valence-corrected chi connectivity index (χ3v) is 6.08. The SMILES string of the molecule is COc1ccc(C(=O)C2C(c3ccc(Br)cc3)C2c2nc3ccccc3o2)cc1. The maximum Gasteiger partial charge on any atom is 0.200 e. The summed E-state index contributed by atoms with van der Waals surface area (Å²) >= 11 is 3.48. The van der Waals surface area contributed by atoms with Crippen molar-refractivity contribution in [3.8, 4) is 5.75 Å². The molecule has 0 radical (unpaired) electrons. The molecular weight excluding hydrogens is 430 g/mol. The maximum atomic E-state index is 13.3. The Kier molecular flexibility index (Phi) is 4.47. The van der Waals surface area contributed by atoms with Crippen LogP contribution in [-0.2, 0) is 0 Å². The van der Waals surface area contributed by atoms with E-state index in [4.69, 9.17) is 9.15 Å². The van der Waals surface area contributed by atoms with Crippen LogP contribution >= 0.6 is 15.9 Å². The van der Waals surface area contributed by atoms with Gasteiger partial charge in [-0.1, -0.05) is 40.2 Å². The summed E-state index contributed by atoms with van der Waals surface area (Å²) in [6, 6.07) is 23.1. The molecule has 3 atom stereocenters. The lowest BCUT2D eigenvalue weighted by Crippen LogP contribution is -2.04. The van der Waals surface area contributed by atoms with Gasteiger partial charge in [-0.3, -0.25) is 4.79 Å². The Morgan fingerprint density at radius 1 is 0.966 bits per heavy atom. The molecule has 1 heterocycles. The van der Waals surface area contributed by atoms with Gasteiger partial charge in [-0.2, -0.15) is 0 Å². The summed E-state index contributed by atoms with van der Waals surface area (Å²) in [5, 5.41) is 0. The number of halogens is 1. The number of nitrogens with zero attached hydrogens (tertiary/aromatic N) is 1. The van der Waals surface area contributed by atoms with Crippen molar-refractivity contribution in [2.45, 2.75) is 11.8 Å². The summed E-state index contributed by atoms with van der Waals surface area (Å²) in [6.07, 6.45) is 0. The topological polar surface area (TPSA) is 52.3 Å². The van der Waals surface area contributed by atoms with Crippen molar-refractivity contribution in [2.24, 2.45) is 5.92 Å². The molecule has 144 valence electrons. The fourth-order valence-electron chi connectivity index (χ4n) is 4.02. The average Bonchev–Trinajstić information content (AvgIpc) is 3.35. The molecule has 1 aliphatic carbocycles. The standard InChI is InChI=1S/C24H18BrNO3/c1-28-17-12-8-15(9-13-17)23(27)21-20(14-6-10-16(25)11-7-14)22(21)24-26-18-4-2-3-5-19(18)29-24/h2-13,20-22H,1H3. The molecule has 0 bridgehead atoms. The molecule has 3 unspecified atom stereocenters. The second-order valence-corrected chi connectivity index (χ2v) is 8.16. The first kappa shape index (κ1) is 18.1. The normalized spacial score (nSPS) is 20.6. The number of para-hydroxylation sites is 2. The van der Waals surface area contributed by atoms with Crippen LogP contribution in [0.4, 0.5) is 0 Å². The zero-order chi connectivity index (χ0) is 20.0. The minimum absolute atomic E-state index is 0.0470. The molecule has 4 aromatic rings. The number of hydrogen-bond acceptors (Lipinski definition) is 4. The van der Waals surface area contributed by atoms with E-state index in [1.54, 1.807) is 7.11 Å². The smallest absolute Gasteiger partial charge is 0.200 e. The van der Waals surface area contributed by atoms with Gasteiger partial charge in [-0.05, 0) is 54.1 Å². The van der Waals surface area contributed by atoms with Crippen LogP contribution in [0.3, 0.4) is 0 Å². The summed E-state index contributed by atoms with van der Waals surface area (Å²) in [5.41, 5.74) is 3.36. The van der Waals surface area contributed by atoms with Crippen LogP contribution in [0.15, 0.2) is 81.7 Å². The van der Waals surface area contributed by atoms with Gasteiger partial charge in [0.25, 0.3) is 0 Å². The number of aromatic nitrogens is 1. The van der Waals surface area contributed by atoms with Crippen molar-refractivity contribution in [1.29, 1.82) is 0 Å². The third kappa shape index (κ3) is 3.25. The number of ether oxygens (including phenoxy) is 1. The van der Waals surface area contributed by atoms with Gasteiger partial charge in [0, 0.05) is 21.9 Å². The lowest BCUT2D eigenvalue weighted by Gasteiger charge is -2.03. The fraction of sp³-hybridized carbons (Fsp3) is 0.167. The van der Waals surface area contributed by atoms with Crippen molar-refractivity contribution in [3.63, 3.8) is 0 Å². The minimum atomic E-state index is -0.197. The summed E-state index contributed by atoms with van der Waals surface area (Å²) in [4.78, 5) is 18.0. The molecule has 0 aliphatic heterocycles. The average molecular weight is 448 g/mol. The molecule has 1 aliphatic rings. The van der Waals surface area contributed by atoms with Crippen LogP contribution in [0.1, 0.15) is 33.6 Å². The molecule has 1 saturated carbocycles. The van der Waals surface area contributed by atoms with Crippen molar-refractivity contribution in [3.05, 3.63) is 94.3 Å². The zero-order valence-corrected chi connectivity index (χ0v) is 17.3. The summed E-state index contributed by atoms with van der Waals surface area (Å²) in [6.45, 7) is 0. The largest absolute Gasteiger partial charge is 0.497 e. The first-order valence-electron chi connectivity index (χ1n) is 9.45. The fourth-order valence-corrected chi connectivity index (χ4v) is 4.29. The number of carbonyl (C=O) groups excluding carboxylic acids is 1. The van der Waals surface area contributed by atoms with Gasteiger partial charge < -0.3 is 9.15 Å². The van der Waals surface area contributed by atoms with Gasteiger partial charge in [0.05, 0.1) is 13.0 Å². The van der Waals surface area contributed by atoms with E-state index < -0.39 is 0 Å². The second kappa shape index (κ2) is 7.16. The van der Waals surface area contributed by atoms with Crippen LogP contribution in [0.5, 0.6) is 5.75 Å². The Labute approximate surface area is 176 Å². The van der Waals surface area contributed by atoms with Crippen molar-refractivity contribution >= 4 is 32.8 Å². The van der Waals surface area contributed by atoms with E-state index in [2.05, 4.69) is 33.0 Å². The number of fused-ring (bicyclic) bond motifs is 1. The van der Waals surface area contributed by atoms with Crippen molar-refractivity contribution in [2.75, 3.05) is 7.11 Å². The molecule has 0 amide bonds. The highest BCUT2D eigenvalue weighted by atomic mass is 79.9. The Morgan fingerprint density at radius 3 is 2.38 bits per heavy atom. The van der Waals surface area contributed by atoms with E-state index in [0.717, 1.165) is 26.9 Å². The summed E-state index contributed by atoms with van der Waals surface area (Å²) < 4.78 is 12.3. The molecule has 0 N–H and O–H groups in total. The number of rotatable bonds is 5. The molecular formula is C24H18BrNO3. The second-order valence-electron chi connectivity index (χ2n) is 7.24. The number of methoxy groups -OCH3 is 1. The predicted molar refractivity (Wildman–Crippen MR) is 114 cm³/mol. The molecule has 0 spiro atoms. The first-order valence-corrected chi connectivity index (χ1v) is 10.2. The highest BCUT2D eigenvalue weighted by molar-refractivity contribution is 9.10. The van der Waals surface area contributed by atoms with E-state index in [1.807, 2.05) is 60.7 Å². The molecule has 0 saturated heterocycles. The number of carbonyl (C=O) groups is 1. The van der Waals surface area contributed by atoms with Gasteiger partial charge in [0.15, 0.2) is 17.3 Å². The van der Waals surface area contributed by atoms with Crippen molar-refractivity contribution < 1.29 is 13.9 Å². The number of Topliss-reactive ketones (excluding diaryl/α,β-unsaturated/α-hetero) is 1. The predicted octanol–water partition coefficient (Wildman–Crippen LogP) is 5.98. The Balaban J connectivity index is 1.52. The maximum absolute atomic E-state index is 13.3. The van der Waals surface area contributed by atoms with Crippen molar-refractivity contribution in [1.82, 2.24) is 4.98 Å². The Hall–Kier alpha value is -2.92. The molecule has 5 rings (SSSR count). The monoisotopic (exact) mass is 447 g/mol. The van der Waals surface area contributed by atoms with Crippen LogP contribution < -0.4 is 4.74 Å². The molecule has 29 heavy (non-hydrogen) atoms. The highest BCUT2D eigenvalue weighted by Crippen LogP contribution is 2.61. The first-order chi connectivity index (χ1) is 14.2. The molecule has 5 heteroatoms. The van der Waals surface area contributed by atoms with E-state index in [-0.39, 0.29) is 23.5 Å². The van der Waals surface area contributed by atoms with Crippen LogP contribution in [-0.4, -0.2) is 17.9 Å². The number of ketones is 1. The van der Waals surface area contributed by atoms with Gasteiger partial charge >= 0.3 is 0 Å². The summed E-state index contributed by atoms with van der Waals surface area (Å²) in [5.74, 6) is 1.25. The zero-order valence-electron chi connectivity index (χ0n) is 15.7. The molecule has 4 nitrogen and oxygen atoms in total. The van der Waals surface area contributed by atoms with Crippen LogP contribution in [0.2, 0.25) is 0 Å². The Bertz CT molecular complexity index is 1150. The molecule has 1 fully saturated rings. The number of benzene rings is 3. The molecule has 3 aromatic carbocycles. The third-order valence-electron chi connectivity index (χ3n) is 5.55. The van der Waals surface area contributed by atoms with E-state index in [1.165, 1.54) is 0 Å². The quantitative estimate of drug-likeness (QED) is 0.353. The van der Waals surface area contributed by atoms with E-state index >= 15 is 0 Å². The molecule has 1 aromatic heterocycles. The lowest BCUT2D eigenvalue weighted by molar-refractivity contribution is 0.0961. The highest BCUT2D eigenvalue weighted by Gasteiger charge is 2.58. The number of oxazole rings is 1. The van der Waals surface area contributed by atoms with E-state index in [0.29, 0.717) is 11.5 Å². The van der Waals surface area contributed by atoms with Gasteiger partial charge in [0.1, 0.15) is 11.3 Å². The number of hydrogen-bond donors (Lipinski definition) is 0. The van der Waals surface area contributed by atoms with Crippen LogP contribution in [0.25, 0.3) is 11.1 Å². The Morgan fingerprint density at radius 2 is 1.69 bits per heavy atom. The lowest BCUT2D eigenvalue weighted by atomic mass is 10.0. The van der Waals surface area contributed by atoms with Crippen LogP contribution in [0, 0.1) is 5.92 Å².